The average Bonchev–Trinajstić information content (AvgIpc) is 2.38. The van der Waals surface area contributed by atoms with Gasteiger partial charge in [0.15, 0.2) is 0 Å². The van der Waals surface area contributed by atoms with E-state index in [2.05, 4.69) is 10.6 Å². The SMILES string of the molecule is CC(C)CC(CNC(=O)Nc1cc(Cl)ccc1Cl)C(=O)O. The molecule has 5 nitrogen and oxygen atoms in total. The lowest BCUT2D eigenvalue weighted by Crippen LogP contribution is -2.36. The molecule has 0 heterocycles. The van der Waals surface area contributed by atoms with E-state index >= 15 is 0 Å². The highest BCUT2D eigenvalue weighted by molar-refractivity contribution is 6.35. The summed E-state index contributed by atoms with van der Waals surface area (Å²) in [5.74, 6) is -1.31. The van der Waals surface area contributed by atoms with Gasteiger partial charge in [-0.1, -0.05) is 37.0 Å². The number of rotatable bonds is 6. The third-order valence-electron chi connectivity index (χ3n) is 2.79. The topological polar surface area (TPSA) is 78.4 Å². The van der Waals surface area contributed by atoms with E-state index in [0.717, 1.165) is 0 Å². The second kappa shape index (κ2) is 8.10. The predicted octanol–water partition coefficient (Wildman–Crippen LogP) is 3.86. The Hall–Kier alpha value is -1.46. The van der Waals surface area contributed by atoms with Crippen molar-refractivity contribution in [3.05, 3.63) is 28.2 Å². The van der Waals surface area contributed by atoms with Gasteiger partial charge in [-0.3, -0.25) is 4.79 Å². The predicted molar refractivity (Wildman–Crippen MR) is 84.1 cm³/mol. The molecule has 0 saturated carbocycles. The van der Waals surface area contributed by atoms with Gasteiger partial charge in [0.05, 0.1) is 16.6 Å². The molecule has 1 aromatic rings. The Morgan fingerprint density at radius 1 is 1.29 bits per heavy atom. The van der Waals surface area contributed by atoms with Crippen LogP contribution in [0.1, 0.15) is 20.3 Å². The second-order valence-corrected chi connectivity index (χ2v) is 5.97. The fourth-order valence-electron chi connectivity index (χ4n) is 1.82. The Morgan fingerprint density at radius 2 is 1.95 bits per heavy atom. The summed E-state index contributed by atoms with van der Waals surface area (Å²) < 4.78 is 0. The minimum Gasteiger partial charge on any atom is -0.481 e. The maximum absolute atomic E-state index is 11.8. The van der Waals surface area contributed by atoms with Gasteiger partial charge in [-0.15, -0.1) is 0 Å². The highest BCUT2D eigenvalue weighted by Crippen LogP contribution is 2.25. The number of anilines is 1. The number of nitrogens with one attached hydrogen (secondary N) is 2. The van der Waals surface area contributed by atoms with E-state index in [1.54, 1.807) is 12.1 Å². The molecule has 1 unspecified atom stereocenters. The van der Waals surface area contributed by atoms with Crippen LogP contribution in [0.15, 0.2) is 18.2 Å². The monoisotopic (exact) mass is 332 g/mol. The number of hydrogen-bond donors (Lipinski definition) is 3. The molecule has 0 radical (unpaired) electrons. The van der Waals surface area contributed by atoms with Crippen LogP contribution >= 0.6 is 23.2 Å². The largest absolute Gasteiger partial charge is 0.481 e. The van der Waals surface area contributed by atoms with E-state index in [-0.39, 0.29) is 12.5 Å². The summed E-state index contributed by atoms with van der Waals surface area (Å²) in [6.45, 7) is 3.92. The Labute approximate surface area is 133 Å². The summed E-state index contributed by atoms with van der Waals surface area (Å²) in [7, 11) is 0. The first-order valence-corrected chi connectivity index (χ1v) is 7.28. The zero-order valence-electron chi connectivity index (χ0n) is 11.8. The highest BCUT2D eigenvalue weighted by atomic mass is 35.5. The third kappa shape index (κ3) is 6.23. The van der Waals surface area contributed by atoms with Crippen LogP contribution in [0.25, 0.3) is 0 Å². The Morgan fingerprint density at radius 3 is 2.52 bits per heavy atom. The lowest BCUT2D eigenvalue weighted by atomic mass is 9.97. The van der Waals surface area contributed by atoms with Crippen LogP contribution in [0.4, 0.5) is 10.5 Å². The van der Waals surface area contributed by atoms with Crippen molar-refractivity contribution in [3.63, 3.8) is 0 Å². The van der Waals surface area contributed by atoms with Crippen LogP contribution in [0, 0.1) is 11.8 Å². The number of aliphatic carboxylic acids is 1. The molecule has 1 atom stereocenters. The van der Waals surface area contributed by atoms with Crippen LogP contribution in [0.3, 0.4) is 0 Å². The minimum absolute atomic E-state index is 0.0531. The van der Waals surface area contributed by atoms with Gasteiger partial charge in [-0.2, -0.15) is 0 Å². The first-order chi connectivity index (χ1) is 9.79. The number of benzene rings is 1. The van der Waals surface area contributed by atoms with Gasteiger partial charge in [0, 0.05) is 11.6 Å². The molecule has 3 N–H and O–H groups in total. The number of carbonyl (C=O) groups excluding carboxylic acids is 1. The van der Waals surface area contributed by atoms with Crippen LogP contribution in [0.2, 0.25) is 10.0 Å². The number of carbonyl (C=O) groups is 2. The molecule has 21 heavy (non-hydrogen) atoms. The Balaban J connectivity index is 2.57. The van der Waals surface area contributed by atoms with Crippen molar-refractivity contribution in [3.8, 4) is 0 Å². The standard InChI is InChI=1S/C14H18Cl2N2O3/c1-8(2)5-9(13(19)20)7-17-14(21)18-12-6-10(15)3-4-11(12)16/h3-4,6,8-9H,5,7H2,1-2H3,(H,19,20)(H2,17,18,21). The summed E-state index contributed by atoms with van der Waals surface area (Å²) in [4.78, 5) is 22.9. The van der Waals surface area contributed by atoms with Gasteiger partial charge in [-0.25, -0.2) is 4.79 Å². The maximum Gasteiger partial charge on any atom is 0.319 e. The number of halogens is 2. The zero-order valence-corrected chi connectivity index (χ0v) is 13.3. The van der Waals surface area contributed by atoms with Gasteiger partial charge in [0.2, 0.25) is 0 Å². The van der Waals surface area contributed by atoms with Crippen molar-refractivity contribution in [2.24, 2.45) is 11.8 Å². The molecule has 2 amide bonds. The second-order valence-electron chi connectivity index (χ2n) is 5.12. The summed E-state index contributed by atoms with van der Waals surface area (Å²) in [6.07, 6.45) is 0.494. The molecule has 0 aliphatic rings. The van der Waals surface area contributed by atoms with Crippen molar-refractivity contribution in [1.29, 1.82) is 0 Å². The molecule has 0 fully saturated rings. The van der Waals surface area contributed by atoms with Crippen LogP contribution < -0.4 is 10.6 Å². The summed E-state index contributed by atoms with van der Waals surface area (Å²) >= 11 is 11.7. The van der Waals surface area contributed by atoms with Crippen molar-refractivity contribution >= 4 is 40.9 Å². The van der Waals surface area contributed by atoms with Gasteiger partial charge in [-0.05, 0) is 30.5 Å². The lowest BCUT2D eigenvalue weighted by molar-refractivity contribution is -0.142. The van der Waals surface area contributed by atoms with Gasteiger partial charge >= 0.3 is 12.0 Å². The maximum atomic E-state index is 11.8. The molecule has 7 heteroatoms. The number of carboxylic acid groups (broad SMARTS) is 1. The van der Waals surface area contributed by atoms with Crippen molar-refractivity contribution in [1.82, 2.24) is 5.32 Å². The molecule has 116 valence electrons. The Bertz CT molecular complexity index is 521. The van der Waals surface area contributed by atoms with E-state index in [0.29, 0.717) is 22.2 Å². The van der Waals surface area contributed by atoms with Crippen molar-refractivity contribution in [2.45, 2.75) is 20.3 Å². The van der Waals surface area contributed by atoms with Crippen LogP contribution in [-0.2, 0) is 4.79 Å². The molecule has 1 aromatic carbocycles. The molecule has 0 spiro atoms. The molecule has 0 aliphatic carbocycles. The smallest absolute Gasteiger partial charge is 0.319 e. The lowest BCUT2D eigenvalue weighted by Gasteiger charge is -2.16. The van der Waals surface area contributed by atoms with E-state index in [1.807, 2.05) is 13.8 Å². The Kier molecular flexibility index (Phi) is 6.78. The van der Waals surface area contributed by atoms with E-state index < -0.39 is 17.9 Å². The van der Waals surface area contributed by atoms with E-state index in [1.165, 1.54) is 6.07 Å². The number of carboxylic acids is 1. The van der Waals surface area contributed by atoms with Gasteiger partial charge in [0.1, 0.15) is 0 Å². The number of urea groups is 1. The summed E-state index contributed by atoms with van der Waals surface area (Å²) in [6, 6.07) is 4.18. The normalized spacial score (nSPS) is 12.0. The van der Waals surface area contributed by atoms with Crippen molar-refractivity contribution in [2.75, 3.05) is 11.9 Å². The molecule has 1 rings (SSSR count). The fourth-order valence-corrected chi connectivity index (χ4v) is 2.15. The average molecular weight is 333 g/mol. The molecule has 0 saturated heterocycles. The summed E-state index contributed by atoms with van der Waals surface area (Å²) in [5, 5.41) is 15.0. The molecule has 0 aromatic heterocycles. The molecular weight excluding hydrogens is 315 g/mol. The van der Waals surface area contributed by atoms with E-state index in [9.17, 15) is 9.59 Å². The number of hydrogen-bond acceptors (Lipinski definition) is 2. The highest BCUT2D eigenvalue weighted by Gasteiger charge is 2.19. The third-order valence-corrected chi connectivity index (χ3v) is 3.36. The number of amides is 2. The quantitative estimate of drug-likeness (QED) is 0.740. The molecular formula is C14H18Cl2N2O3. The van der Waals surface area contributed by atoms with Crippen LogP contribution in [0.5, 0.6) is 0 Å². The zero-order chi connectivity index (χ0) is 16.0. The fraction of sp³-hybridized carbons (Fsp3) is 0.429. The first-order valence-electron chi connectivity index (χ1n) is 6.52. The van der Waals surface area contributed by atoms with Crippen LogP contribution in [-0.4, -0.2) is 23.7 Å². The first kappa shape index (κ1) is 17.6. The minimum atomic E-state index is -0.926. The molecule has 0 aliphatic heterocycles. The van der Waals surface area contributed by atoms with E-state index in [4.69, 9.17) is 28.3 Å². The molecule has 0 bridgehead atoms. The van der Waals surface area contributed by atoms with Gasteiger partial charge < -0.3 is 15.7 Å². The van der Waals surface area contributed by atoms with Gasteiger partial charge in [0.25, 0.3) is 0 Å². The summed E-state index contributed by atoms with van der Waals surface area (Å²) in [5.41, 5.74) is 0.373. The van der Waals surface area contributed by atoms with Crippen molar-refractivity contribution < 1.29 is 14.7 Å².